The molecule has 2 atom stereocenters. The van der Waals surface area contributed by atoms with Crippen molar-refractivity contribution in [3.63, 3.8) is 0 Å². The summed E-state index contributed by atoms with van der Waals surface area (Å²) in [6.45, 7) is 0.456. The molecule has 2 unspecified atom stereocenters. The molecule has 1 fully saturated rings. The highest BCUT2D eigenvalue weighted by molar-refractivity contribution is 7.09. The maximum Gasteiger partial charge on any atom is 0.355 e. The Balaban J connectivity index is 1.47. The van der Waals surface area contributed by atoms with Gasteiger partial charge < -0.3 is 10.4 Å². The highest BCUT2D eigenvalue weighted by Crippen LogP contribution is 2.49. The lowest BCUT2D eigenvalue weighted by atomic mass is 10.1. The van der Waals surface area contributed by atoms with Gasteiger partial charge in [-0.2, -0.15) is 0 Å². The van der Waals surface area contributed by atoms with Crippen molar-refractivity contribution in [3.05, 3.63) is 50.9 Å². The molecule has 1 aromatic carbocycles. The monoisotopic (exact) mass is 350 g/mol. The second-order valence-corrected chi connectivity index (χ2v) is 6.79. The molecular weight excluding hydrogens is 336 g/mol. The van der Waals surface area contributed by atoms with E-state index in [2.05, 4.69) is 10.3 Å². The Hall–Kier alpha value is -1.92. The molecule has 1 amide bonds. The van der Waals surface area contributed by atoms with E-state index in [4.69, 9.17) is 16.7 Å². The van der Waals surface area contributed by atoms with Crippen LogP contribution < -0.4 is 5.32 Å². The van der Waals surface area contributed by atoms with Gasteiger partial charge in [-0.05, 0) is 24.0 Å². The van der Waals surface area contributed by atoms with Crippen LogP contribution >= 0.6 is 22.9 Å². The number of thiazole rings is 1. The summed E-state index contributed by atoms with van der Waals surface area (Å²) >= 11 is 7.45. The summed E-state index contributed by atoms with van der Waals surface area (Å²) in [5.41, 5.74) is 1.08. The van der Waals surface area contributed by atoms with Gasteiger partial charge in [0.05, 0.1) is 5.01 Å². The molecule has 1 heterocycles. The maximum absolute atomic E-state index is 12.1. The van der Waals surface area contributed by atoms with E-state index < -0.39 is 5.97 Å². The summed E-state index contributed by atoms with van der Waals surface area (Å²) in [5.74, 6) is -0.843. The summed E-state index contributed by atoms with van der Waals surface area (Å²) in [7, 11) is 0. The molecule has 1 aliphatic rings. The molecule has 2 aromatic rings. The number of amides is 1. The zero-order valence-corrected chi connectivity index (χ0v) is 13.7. The molecule has 23 heavy (non-hydrogen) atoms. The van der Waals surface area contributed by atoms with E-state index in [1.807, 2.05) is 24.3 Å². The van der Waals surface area contributed by atoms with E-state index in [0.717, 1.165) is 12.0 Å². The summed E-state index contributed by atoms with van der Waals surface area (Å²) in [6, 6.07) is 7.61. The van der Waals surface area contributed by atoms with Crippen LogP contribution in [-0.2, 0) is 11.2 Å². The van der Waals surface area contributed by atoms with Gasteiger partial charge in [0.2, 0.25) is 5.91 Å². The summed E-state index contributed by atoms with van der Waals surface area (Å²) in [6.07, 6.45) is 1.35. The largest absolute Gasteiger partial charge is 0.476 e. The SMILES string of the molecule is O=C(O)c1csc(CCNC(=O)C2CC2c2ccccc2Cl)n1. The fraction of sp³-hybridized carbons (Fsp3) is 0.312. The van der Waals surface area contributed by atoms with Crippen molar-refractivity contribution in [2.45, 2.75) is 18.8 Å². The summed E-state index contributed by atoms with van der Waals surface area (Å²) in [4.78, 5) is 26.9. The third-order valence-corrected chi connectivity index (χ3v) is 5.09. The van der Waals surface area contributed by atoms with Crippen LogP contribution in [0.25, 0.3) is 0 Å². The average molecular weight is 351 g/mol. The fourth-order valence-corrected chi connectivity index (χ4v) is 3.60. The van der Waals surface area contributed by atoms with E-state index in [1.54, 1.807) is 0 Å². The zero-order valence-electron chi connectivity index (χ0n) is 12.2. The number of nitrogens with one attached hydrogen (secondary N) is 1. The van der Waals surface area contributed by atoms with Gasteiger partial charge in [-0.1, -0.05) is 29.8 Å². The Morgan fingerprint density at radius 1 is 1.39 bits per heavy atom. The van der Waals surface area contributed by atoms with Gasteiger partial charge in [0.25, 0.3) is 0 Å². The molecule has 1 aromatic heterocycles. The lowest BCUT2D eigenvalue weighted by Gasteiger charge is -2.05. The quantitative estimate of drug-likeness (QED) is 0.839. The van der Waals surface area contributed by atoms with E-state index in [-0.39, 0.29) is 23.4 Å². The van der Waals surface area contributed by atoms with Crippen molar-refractivity contribution >= 4 is 34.8 Å². The van der Waals surface area contributed by atoms with Crippen LogP contribution in [-0.4, -0.2) is 28.5 Å². The number of carboxylic acid groups (broad SMARTS) is 1. The smallest absolute Gasteiger partial charge is 0.355 e. The van der Waals surface area contributed by atoms with Gasteiger partial charge in [0.15, 0.2) is 5.69 Å². The number of aromatic nitrogens is 1. The van der Waals surface area contributed by atoms with E-state index >= 15 is 0 Å². The highest BCUT2D eigenvalue weighted by Gasteiger charge is 2.44. The number of halogens is 1. The number of nitrogens with zero attached hydrogens (tertiary/aromatic N) is 1. The minimum absolute atomic E-state index is 0.0185. The van der Waals surface area contributed by atoms with Gasteiger partial charge in [-0.25, -0.2) is 9.78 Å². The second kappa shape index (κ2) is 6.68. The third-order valence-electron chi connectivity index (χ3n) is 3.84. The lowest BCUT2D eigenvalue weighted by Crippen LogP contribution is -2.27. The van der Waals surface area contributed by atoms with Crippen LogP contribution in [0.15, 0.2) is 29.6 Å². The maximum atomic E-state index is 12.1. The van der Waals surface area contributed by atoms with Crippen LogP contribution in [0, 0.1) is 5.92 Å². The molecule has 0 bridgehead atoms. The number of carboxylic acids is 1. The molecule has 120 valence electrons. The van der Waals surface area contributed by atoms with Gasteiger partial charge >= 0.3 is 5.97 Å². The molecule has 7 heteroatoms. The highest BCUT2D eigenvalue weighted by atomic mass is 35.5. The molecule has 0 radical (unpaired) electrons. The number of aromatic carboxylic acids is 1. The zero-order chi connectivity index (χ0) is 16.4. The van der Waals surface area contributed by atoms with Crippen molar-refractivity contribution in [2.75, 3.05) is 6.54 Å². The second-order valence-electron chi connectivity index (χ2n) is 5.44. The standard InChI is InChI=1S/C16H15ClN2O3S/c17-12-4-2-1-3-9(12)10-7-11(10)15(20)18-6-5-14-19-13(8-23-14)16(21)22/h1-4,8,10-11H,5-7H2,(H,18,20)(H,21,22). The minimum atomic E-state index is -1.03. The number of hydrogen-bond acceptors (Lipinski definition) is 4. The van der Waals surface area contributed by atoms with Crippen LogP contribution in [0.4, 0.5) is 0 Å². The molecule has 1 aliphatic carbocycles. The van der Waals surface area contributed by atoms with Crippen LogP contribution in [0.5, 0.6) is 0 Å². The van der Waals surface area contributed by atoms with Crippen LogP contribution in [0.2, 0.25) is 5.02 Å². The Labute approximate surface area is 142 Å². The first-order valence-corrected chi connectivity index (χ1v) is 8.52. The van der Waals surface area contributed by atoms with Gasteiger partial charge in [-0.15, -0.1) is 11.3 Å². The summed E-state index contributed by atoms with van der Waals surface area (Å²) < 4.78 is 0. The number of benzene rings is 1. The first-order chi connectivity index (χ1) is 11.1. The molecule has 0 aliphatic heterocycles. The Kier molecular flexibility index (Phi) is 4.63. The van der Waals surface area contributed by atoms with Gasteiger partial charge in [-0.3, -0.25) is 4.79 Å². The molecule has 2 N–H and O–H groups in total. The first kappa shape index (κ1) is 16.0. The molecule has 1 saturated carbocycles. The molecule has 5 nitrogen and oxygen atoms in total. The van der Waals surface area contributed by atoms with E-state index in [0.29, 0.717) is 23.0 Å². The Morgan fingerprint density at radius 2 is 2.17 bits per heavy atom. The van der Waals surface area contributed by atoms with Gasteiger partial charge in [0, 0.05) is 29.3 Å². The van der Waals surface area contributed by atoms with Crippen LogP contribution in [0.1, 0.15) is 33.4 Å². The lowest BCUT2D eigenvalue weighted by molar-refractivity contribution is -0.122. The topological polar surface area (TPSA) is 79.3 Å². The van der Waals surface area contributed by atoms with E-state index in [9.17, 15) is 9.59 Å². The molecule has 0 saturated heterocycles. The first-order valence-electron chi connectivity index (χ1n) is 7.26. The van der Waals surface area contributed by atoms with Crippen molar-refractivity contribution < 1.29 is 14.7 Å². The molecular formula is C16H15ClN2O3S. The third kappa shape index (κ3) is 3.71. The number of hydrogen-bond donors (Lipinski definition) is 2. The number of rotatable bonds is 6. The minimum Gasteiger partial charge on any atom is -0.476 e. The Morgan fingerprint density at radius 3 is 2.87 bits per heavy atom. The number of carbonyl (C=O) groups excluding carboxylic acids is 1. The summed E-state index contributed by atoms with van der Waals surface area (Å²) in [5, 5.41) is 14.6. The van der Waals surface area contributed by atoms with E-state index in [1.165, 1.54) is 16.7 Å². The van der Waals surface area contributed by atoms with Crippen molar-refractivity contribution in [1.82, 2.24) is 10.3 Å². The van der Waals surface area contributed by atoms with Crippen molar-refractivity contribution in [3.8, 4) is 0 Å². The average Bonchev–Trinajstić information content (AvgIpc) is 3.17. The Bertz CT molecular complexity index is 746. The predicted molar refractivity (Wildman–Crippen MR) is 88.1 cm³/mol. The fourth-order valence-electron chi connectivity index (χ4n) is 2.55. The van der Waals surface area contributed by atoms with Gasteiger partial charge in [0.1, 0.15) is 0 Å². The van der Waals surface area contributed by atoms with Crippen molar-refractivity contribution in [1.29, 1.82) is 0 Å². The number of carbonyl (C=O) groups is 2. The normalized spacial score (nSPS) is 19.3. The predicted octanol–water partition coefficient (Wildman–Crippen LogP) is 2.96. The van der Waals surface area contributed by atoms with Crippen LogP contribution in [0.3, 0.4) is 0 Å². The molecule has 0 spiro atoms. The van der Waals surface area contributed by atoms with Crippen molar-refractivity contribution in [2.24, 2.45) is 5.92 Å². The molecule has 3 rings (SSSR count).